The van der Waals surface area contributed by atoms with Gasteiger partial charge in [0.25, 0.3) is 0 Å². The van der Waals surface area contributed by atoms with E-state index in [2.05, 4.69) is 31.5 Å². The molecule has 0 radical (unpaired) electrons. The lowest BCUT2D eigenvalue weighted by Crippen LogP contribution is -1.83. The lowest BCUT2D eigenvalue weighted by atomic mass is 10.1. The van der Waals surface area contributed by atoms with Gasteiger partial charge in [0.2, 0.25) is 0 Å². The molecule has 70 valence electrons. The first-order valence-corrected chi connectivity index (χ1v) is 6.08. The van der Waals surface area contributed by atoms with Gasteiger partial charge in [0, 0.05) is 9.78 Å². The van der Waals surface area contributed by atoms with Crippen molar-refractivity contribution in [2.45, 2.75) is 19.8 Å². The Morgan fingerprint density at radius 3 is 3.08 bits per heavy atom. The molecule has 1 heterocycles. The van der Waals surface area contributed by atoms with E-state index in [0.717, 1.165) is 11.3 Å². The third-order valence-corrected chi connectivity index (χ3v) is 3.55. The summed E-state index contributed by atoms with van der Waals surface area (Å²) in [5.41, 5.74) is 1.42. The highest BCUT2D eigenvalue weighted by molar-refractivity contribution is 8.11. The summed E-state index contributed by atoms with van der Waals surface area (Å²) in [6, 6.07) is 2.19. The van der Waals surface area contributed by atoms with Crippen molar-refractivity contribution in [1.82, 2.24) is 0 Å². The third kappa shape index (κ3) is 2.75. The molecule has 1 aromatic rings. The van der Waals surface area contributed by atoms with Gasteiger partial charge in [-0.3, -0.25) is 0 Å². The largest absolute Gasteiger partial charge is 0.143 e. The zero-order valence-corrected chi connectivity index (χ0v) is 9.51. The fraction of sp³-hybridized carbons (Fsp3) is 0.273. The molecule has 2 heteroatoms. The van der Waals surface area contributed by atoms with Crippen LogP contribution in [0.15, 0.2) is 30.0 Å². The molecule has 0 aliphatic carbocycles. The average Bonchev–Trinajstić information content (AvgIpc) is 2.54. The maximum atomic E-state index is 4.03. The van der Waals surface area contributed by atoms with Crippen LogP contribution >= 0.6 is 23.1 Å². The predicted octanol–water partition coefficient (Wildman–Crippen LogP) is 4.55. The summed E-state index contributed by atoms with van der Waals surface area (Å²) < 4.78 is 0. The Balaban J connectivity index is 2.80. The summed E-state index contributed by atoms with van der Waals surface area (Å²) in [6.07, 6.45) is 2.34. The fourth-order valence-electron chi connectivity index (χ4n) is 1.20. The molecule has 0 nitrogen and oxygen atoms in total. The molecule has 0 unspecified atom stereocenters. The number of hydrogen-bond donors (Lipinski definition) is 0. The third-order valence-electron chi connectivity index (χ3n) is 1.74. The normalized spacial score (nSPS) is 9.92. The maximum absolute atomic E-state index is 4.03. The van der Waals surface area contributed by atoms with Crippen molar-refractivity contribution in [3.63, 3.8) is 0 Å². The van der Waals surface area contributed by atoms with E-state index in [9.17, 15) is 0 Å². The molecule has 0 aliphatic heterocycles. The molecule has 0 fully saturated rings. The molecule has 0 aliphatic rings. The van der Waals surface area contributed by atoms with Gasteiger partial charge in [-0.1, -0.05) is 38.3 Å². The second kappa shape index (κ2) is 5.30. The van der Waals surface area contributed by atoms with Crippen molar-refractivity contribution in [3.8, 4) is 0 Å². The zero-order valence-electron chi connectivity index (χ0n) is 7.88. The standard InChI is InChI=1S/C11H14S2/c1-4-6-10-7-8-13-11(10)9(3)12-5-2/h5,7-8H,2-4,6H2,1H3. The number of thiophene rings is 1. The second-order valence-electron chi connectivity index (χ2n) is 2.73. The van der Waals surface area contributed by atoms with Gasteiger partial charge in [-0.15, -0.1) is 11.3 Å². The molecule has 1 aromatic heterocycles. The van der Waals surface area contributed by atoms with E-state index in [1.54, 1.807) is 23.1 Å². The number of hydrogen-bond acceptors (Lipinski definition) is 2. The Hall–Kier alpha value is -0.470. The van der Waals surface area contributed by atoms with Crippen LogP contribution < -0.4 is 0 Å². The second-order valence-corrected chi connectivity index (χ2v) is 4.71. The molecule has 0 N–H and O–H groups in total. The monoisotopic (exact) mass is 210 g/mol. The van der Waals surface area contributed by atoms with Crippen molar-refractivity contribution in [3.05, 3.63) is 40.5 Å². The minimum atomic E-state index is 1.12. The highest BCUT2D eigenvalue weighted by Gasteiger charge is 2.05. The highest BCUT2D eigenvalue weighted by Crippen LogP contribution is 2.33. The van der Waals surface area contributed by atoms with Gasteiger partial charge in [-0.2, -0.15) is 0 Å². The molecule has 0 atom stereocenters. The molecular weight excluding hydrogens is 196 g/mol. The van der Waals surface area contributed by atoms with Gasteiger partial charge >= 0.3 is 0 Å². The minimum absolute atomic E-state index is 1.12. The maximum Gasteiger partial charge on any atom is 0.0435 e. The Labute approximate surface area is 88.4 Å². The van der Waals surface area contributed by atoms with E-state index in [1.807, 2.05) is 5.41 Å². The quantitative estimate of drug-likeness (QED) is 0.687. The van der Waals surface area contributed by atoms with Gasteiger partial charge < -0.3 is 0 Å². The van der Waals surface area contributed by atoms with Crippen LogP contribution in [-0.4, -0.2) is 0 Å². The van der Waals surface area contributed by atoms with E-state index in [4.69, 9.17) is 0 Å². The van der Waals surface area contributed by atoms with Crippen LogP contribution in [0.3, 0.4) is 0 Å². The van der Waals surface area contributed by atoms with E-state index in [-0.39, 0.29) is 0 Å². The van der Waals surface area contributed by atoms with Crippen molar-refractivity contribution in [2.24, 2.45) is 0 Å². The Bertz CT molecular complexity index is 297. The van der Waals surface area contributed by atoms with Gasteiger partial charge in [-0.05, 0) is 28.8 Å². The van der Waals surface area contributed by atoms with E-state index in [0.29, 0.717) is 0 Å². The Morgan fingerprint density at radius 1 is 1.69 bits per heavy atom. The van der Waals surface area contributed by atoms with Gasteiger partial charge in [0.1, 0.15) is 0 Å². The first-order valence-electron chi connectivity index (χ1n) is 4.32. The summed E-state index contributed by atoms with van der Waals surface area (Å²) >= 11 is 3.38. The van der Waals surface area contributed by atoms with Crippen LogP contribution in [0.2, 0.25) is 0 Å². The van der Waals surface area contributed by atoms with Gasteiger partial charge in [0.05, 0.1) is 0 Å². The minimum Gasteiger partial charge on any atom is -0.143 e. The van der Waals surface area contributed by atoms with E-state index < -0.39 is 0 Å². The van der Waals surface area contributed by atoms with Crippen molar-refractivity contribution >= 4 is 28.0 Å². The van der Waals surface area contributed by atoms with Crippen LogP contribution in [0, 0.1) is 0 Å². The van der Waals surface area contributed by atoms with Crippen molar-refractivity contribution < 1.29 is 0 Å². The smallest absolute Gasteiger partial charge is 0.0435 e. The van der Waals surface area contributed by atoms with Crippen LogP contribution in [0.1, 0.15) is 23.8 Å². The first kappa shape index (κ1) is 10.6. The first-order chi connectivity index (χ1) is 6.29. The lowest BCUT2D eigenvalue weighted by Gasteiger charge is -2.02. The summed E-state index contributed by atoms with van der Waals surface area (Å²) in [4.78, 5) is 2.44. The molecule has 13 heavy (non-hydrogen) atoms. The van der Waals surface area contributed by atoms with Crippen LogP contribution in [0.5, 0.6) is 0 Å². The van der Waals surface area contributed by atoms with Crippen molar-refractivity contribution in [2.75, 3.05) is 0 Å². The van der Waals surface area contributed by atoms with Crippen LogP contribution in [-0.2, 0) is 6.42 Å². The average molecular weight is 210 g/mol. The lowest BCUT2D eigenvalue weighted by molar-refractivity contribution is 0.925. The Kier molecular flexibility index (Phi) is 4.33. The molecule has 1 rings (SSSR count). The molecular formula is C11H14S2. The van der Waals surface area contributed by atoms with E-state index in [1.165, 1.54) is 16.9 Å². The summed E-state index contributed by atoms with van der Waals surface area (Å²) in [6.45, 7) is 9.92. The van der Waals surface area contributed by atoms with Crippen molar-refractivity contribution in [1.29, 1.82) is 0 Å². The molecule has 0 spiro atoms. The zero-order chi connectivity index (χ0) is 9.68. The number of thioether (sulfide) groups is 1. The summed E-state index contributed by atoms with van der Waals surface area (Å²) in [5, 5.41) is 3.97. The van der Waals surface area contributed by atoms with Gasteiger partial charge in [-0.25, -0.2) is 0 Å². The molecule has 0 aromatic carbocycles. The predicted molar refractivity (Wildman–Crippen MR) is 65.1 cm³/mol. The summed E-state index contributed by atoms with van der Waals surface area (Å²) in [7, 11) is 0. The molecule has 0 bridgehead atoms. The Morgan fingerprint density at radius 2 is 2.46 bits per heavy atom. The SMILES string of the molecule is C=CSC(=C)c1sccc1CCC. The highest BCUT2D eigenvalue weighted by atomic mass is 32.2. The van der Waals surface area contributed by atoms with E-state index >= 15 is 0 Å². The topological polar surface area (TPSA) is 0 Å². The van der Waals surface area contributed by atoms with Crippen LogP contribution in [0.25, 0.3) is 4.91 Å². The number of rotatable bonds is 5. The summed E-state index contributed by atoms with van der Waals surface area (Å²) in [5.74, 6) is 0. The molecule has 0 saturated heterocycles. The van der Waals surface area contributed by atoms with Crippen LogP contribution in [0.4, 0.5) is 0 Å². The molecule has 0 amide bonds. The molecule has 0 saturated carbocycles. The number of aryl methyl sites for hydroxylation is 1. The van der Waals surface area contributed by atoms with Gasteiger partial charge in [0.15, 0.2) is 0 Å². The fourth-order valence-corrected chi connectivity index (χ4v) is 2.75.